The molecule has 0 amide bonds. The topological polar surface area (TPSA) is 79.0 Å². The summed E-state index contributed by atoms with van der Waals surface area (Å²) < 4.78 is 25.6. The quantitative estimate of drug-likeness (QED) is 0.732. The Morgan fingerprint density at radius 2 is 2.14 bits per heavy atom. The molecule has 1 aromatic heterocycles. The predicted octanol–water partition coefficient (Wildman–Crippen LogP) is -0.184. The average molecular weight is 214 g/mol. The minimum absolute atomic E-state index is 0.0135. The molecule has 6 heteroatoms. The summed E-state index contributed by atoms with van der Waals surface area (Å²) in [5, 5.41) is 0. The molecule has 2 rings (SSSR count). The van der Waals surface area contributed by atoms with Crippen LogP contribution in [-0.4, -0.2) is 19.4 Å². The van der Waals surface area contributed by atoms with Crippen LogP contribution in [0.15, 0.2) is 28.0 Å². The van der Waals surface area contributed by atoms with Gasteiger partial charge in [0.25, 0.3) is 5.56 Å². The van der Waals surface area contributed by atoms with Gasteiger partial charge in [0, 0.05) is 12.2 Å². The molecule has 0 radical (unpaired) electrons. The molecule has 0 atom stereocenters. The zero-order chi connectivity index (χ0) is 10.2. The van der Waals surface area contributed by atoms with Crippen LogP contribution < -0.4 is 10.3 Å². The lowest BCUT2D eigenvalue weighted by atomic mass is 10.5. The van der Waals surface area contributed by atoms with E-state index in [4.69, 9.17) is 0 Å². The molecule has 0 saturated heterocycles. The minimum Gasteiger partial charge on any atom is -0.328 e. The highest BCUT2D eigenvalue weighted by molar-refractivity contribution is 7.89. The maximum Gasteiger partial charge on any atom is 0.268 e. The van der Waals surface area contributed by atoms with Crippen molar-refractivity contribution in [2.75, 3.05) is 0 Å². The van der Waals surface area contributed by atoms with Crippen molar-refractivity contribution in [3.05, 3.63) is 28.7 Å². The second kappa shape index (κ2) is 3.21. The highest BCUT2D eigenvalue weighted by atomic mass is 32.2. The van der Waals surface area contributed by atoms with Crippen molar-refractivity contribution in [3.8, 4) is 0 Å². The second-order valence-electron chi connectivity index (χ2n) is 3.26. The van der Waals surface area contributed by atoms with E-state index in [0.717, 1.165) is 12.8 Å². The third kappa shape index (κ3) is 1.85. The van der Waals surface area contributed by atoms with Gasteiger partial charge in [0.05, 0.1) is 0 Å². The van der Waals surface area contributed by atoms with Gasteiger partial charge in [0.1, 0.15) is 4.90 Å². The van der Waals surface area contributed by atoms with Crippen LogP contribution in [-0.2, 0) is 10.0 Å². The summed E-state index contributed by atoms with van der Waals surface area (Å²) in [6.45, 7) is 0. The number of H-pyrrole nitrogens is 1. The van der Waals surface area contributed by atoms with Gasteiger partial charge >= 0.3 is 0 Å². The number of nitrogens with one attached hydrogen (secondary N) is 2. The molecule has 1 fully saturated rings. The van der Waals surface area contributed by atoms with Crippen LogP contribution in [0.25, 0.3) is 0 Å². The number of hydrogen-bond donors (Lipinski definition) is 2. The van der Waals surface area contributed by atoms with Crippen molar-refractivity contribution in [2.24, 2.45) is 0 Å². The Morgan fingerprint density at radius 3 is 2.71 bits per heavy atom. The summed E-state index contributed by atoms with van der Waals surface area (Å²) in [6, 6.07) is 2.80. The molecule has 76 valence electrons. The smallest absolute Gasteiger partial charge is 0.268 e. The van der Waals surface area contributed by atoms with Crippen molar-refractivity contribution < 1.29 is 8.42 Å². The first-order valence-corrected chi connectivity index (χ1v) is 5.78. The number of sulfonamides is 1. The molecule has 1 aromatic rings. The Balaban J connectivity index is 2.38. The van der Waals surface area contributed by atoms with E-state index in [0.29, 0.717) is 0 Å². The van der Waals surface area contributed by atoms with Gasteiger partial charge in [-0.2, -0.15) is 0 Å². The molecule has 1 aliphatic carbocycles. The fourth-order valence-electron chi connectivity index (χ4n) is 1.10. The van der Waals surface area contributed by atoms with Gasteiger partial charge < -0.3 is 4.98 Å². The summed E-state index contributed by atoms with van der Waals surface area (Å²) in [5.41, 5.74) is -0.583. The number of rotatable bonds is 3. The summed E-state index contributed by atoms with van der Waals surface area (Å²) in [7, 11) is -3.62. The van der Waals surface area contributed by atoms with Crippen molar-refractivity contribution in [1.29, 1.82) is 0 Å². The van der Waals surface area contributed by atoms with Crippen LogP contribution in [0.2, 0.25) is 0 Å². The van der Waals surface area contributed by atoms with Gasteiger partial charge in [-0.05, 0) is 25.0 Å². The fraction of sp³-hybridized carbons (Fsp3) is 0.375. The Kier molecular flexibility index (Phi) is 2.16. The fourth-order valence-corrected chi connectivity index (χ4v) is 2.46. The first kappa shape index (κ1) is 9.42. The van der Waals surface area contributed by atoms with E-state index in [1.54, 1.807) is 0 Å². The summed E-state index contributed by atoms with van der Waals surface area (Å²) in [6.07, 6.45) is 3.10. The summed E-state index contributed by atoms with van der Waals surface area (Å²) in [5.74, 6) is 0. The van der Waals surface area contributed by atoms with Gasteiger partial charge in [-0.3, -0.25) is 4.79 Å². The molecular weight excluding hydrogens is 204 g/mol. The molecule has 0 aliphatic heterocycles. The molecule has 1 heterocycles. The van der Waals surface area contributed by atoms with E-state index >= 15 is 0 Å². The third-order valence-electron chi connectivity index (χ3n) is 1.97. The van der Waals surface area contributed by atoms with Crippen molar-refractivity contribution >= 4 is 10.0 Å². The molecule has 0 unspecified atom stereocenters. The van der Waals surface area contributed by atoms with Gasteiger partial charge in [-0.1, -0.05) is 0 Å². The molecule has 0 bridgehead atoms. The molecular formula is C8H10N2O3S. The van der Waals surface area contributed by atoms with Crippen molar-refractivity contribution in [1.82, 2.24) is 9.71 Å². The molecule has 1 aliphatic rings. The number of hydrogen-bond acceptors (Lipinski definition) is 3. The monoisotopic (exact) mass is 214 g/mol. The van der Waals surface area contributed by atoms with Crippen LogP contribution in [0.1, 0.15) is 12.8 Å². The maximum absolute atomic E-state index is 11.6. The Hall–Kier alpha value is -1.14. The first-order valence-electron chi connectivity index (χ1n) is 4.29. The highest BCUT2D eigenvalue weighted by Gasteiger charge is 2.29. The molecule has 0 aromatic carbocycles. The van der Waals surface area contributed by atoms with E-state index < -0.39 is 15.6 Å². The number of aromatic amines is 1. The zero-order valence-corrected chi connectivity index (χ0v) is 8.17. The van der Waals surface area contributed by atoms with Crippen molar-refractivity contribution in [3.63, 3.8) is 0 Å². The summed E-state index contributed by atoms with van der Waals surface area (Å²) in [4.78, 5) is 13.3. The highest BCUT2D eigenvalue weighted by Crippen LogP contribution is 2.20. The lowest BCUT2D eigenvalue weighted by Gasteiger charge is -2.02. The Bertz CT molecular complexity index is 487. The maximum atomic E-state index is 11.6. The normalized spacial score (nSPS) is 16.9. The summed E-state index contributed by atoms with van der Waals surface area (Å²) >= 11 is 0. The van der Waals surface area contributed by atoms with Crippen LogP contribution >= 0.6 is 0 Å². The Morgan fingerprint density at radius 1 is 1.43 bits per heavy atom. The van der Waals surface area contributed by atoms with Crippen molar-refractivity contribution in [2.45, 2.75) is 23.8 Å². The molecule has 2 N–H and O–H groups in total. The van der Waals surface area contributed by atoms with E-state index in [-0.39, 0.29) is 10.9 Å². The van der Waals surface area contributed by atoms with E-state index in [9.17, 15) is 13.2 Å². The van der Waals surface area contributed by atoms with Gasteiger partial charge in [0.15, 0.2) is 0 Å². The van der Waals surface area contributed by atoms with Gasteiger partial charge in [0.2, 0.25) is 10.0 Å². The minimum atomic E-state index is -3.62. The number of pyridine rings is 1. The lowest BCUT2D eigenvalue weighted by Crippen LogP contribution is -2.30. The molecule has 5 nitrogen and oxygen atoms in total. The van der Waals surface area contributed by atoms with Crippen LogP contribution in [0, 0.1) is 0 Å². The SMILES string of the molecule is O=c1[nH]cccc1S(=O)(=O)NC1CC1. The van der Waals surface area contributed by atoms with E-state index in [1.807, 2.05) is 0 Å². The van der Waals surface area contributed by atoms with Crippen LogP contribution in [0.5, 0.6) is 0 Å². The van der Waals surface area contributed by atoms with Gasteiger partial charge in [-0.25, -0.2) is 13.1 Å². The second-order valence-corrected chi connectivity index (χ2v) is 4.94. The average Bonchev–Trinajstić information content (AvgIpc) is 2.88. The first-order chi connectivity index (χ1) is 6.59. The molecule has 1 saturated carbocycles. The molecule has 14 heavy (non-hydrogen) atoms. The third-order valence-corrected chi connectivity index (χ3v) is 3.51. The molecule has 0 spiro atoms. The lowest BCUT2D eigenvalue weighted by molar-refractivity contribution is 0.579. The van der Waals surface area contributed by atoms with Gasteiger partial charge in [-0.15, -0.1) is 0 Å². The Labute approximate surface area is 81.2 Å². The van der Waals surface area contributed by atoms with Crippen LogP contribution in [0.4, 0.5) is 0 Å². The predicted molar refractivity (Wildman–Crippen MR) is 50.4 cm³/mol. The largest absolute Gasteiger partial charge is 0.328 e. The van der Waals surface area contributed by atoms with Crippen LogP contribution in [0.3, 0.4) is 0 Å². The van der Waals surface area contributed by atoms with E-state index in [1.165, 1.54) is 18.3 Å². The number of aromatic nitrogens is 1. The standard InChI is InChI=1S/C8H10N2O3S/c11-8-7(2-1-5-9-8)14(12,13)10-6-3-4-6/h1-2,5-6,10H,3-4H2,(H,9,11). The van der Waals surface area contributed by atoms with E-state index in [2.05, 4.69) is 9.71 Å². The zero-order valence-electron chi connectivity index (χ0n) is 7.36.